The zero-order valence-electron chi connectivity index (χ0n) is 20.3. The van der Waals surface area contributed by atoms with Gasteiger partial charge in [0.25, 0.3) is 0 Å². The number of carbonyl (C=O) groups is 5. The number of hydrogen-bond donors (Lipinski definition) is 4. The molecule has 0 saturated heterocycles. The van der Waals surface area contributed by atoms with Gasteiger partial charge in [-0.05, 0) is 57.0 Å². The third-order valence-corrected chi connectivity index (χ3v) is 7.91. The number of aromatic hydroxyl groups is 1. The number of hydrogen-bond acceptors (Lipinski definition) is 9. The number of nitrogens with two attached hydrogens (primary N) is 1. The second-order valence-corrected chi connectivity index (χ2v) is 10.3. The molecule has 0 aromatic heterocycles. The molecule has 3 aliphatic carbocycles. The topological polar surface area (TPSA) is 167 Å². The minimum Gasteiger partial charge on any atom is -0.507 e. The summed E-state index contributed by atoms with van der Waals surface area (Å²) in [6.07, 6.45) is 0.147. The van der Waals surface area contributed by atoms with Gasteiger partial charge in [-0.25, -0.2) is 4.39 Å². The Morgan fingerprint density at radius 2 is 1.92 bits per heavy atom. The number of carbonyl (C=O) groups excluding carboxylic acids is 5. The minimum absolute atomic E-state index is 0.0205. The molecule has 1 aromatic carbocycles. The lowest BCUT2D eigenvalue weighted by atomic mass is 9.52. The molecule has 0 radical (unpaired) electrons. The van der Waals surface area contributed by atoms with Crippen molar-refractivity contribution in [2.24, 2.45) is 29.4 Å². The van der Waals surface area contributed by atoms with Gasteiger partial charge < -0.3 is 21.3 Å². The van der Waals surface area contributed by atoms with E-state index in [4.69, 9.17) is 5.73 Å². The molecule has 194 valence electrons. The number of fused-ring (bicyclic) bond motifs is 3. The number of Topliss-reactive ketones (excluding diaryl/α,β-unsaturated/α-hetero) is 4. The maximum absolute atomic E-state index is 13.7. The Hall–Kier alpha value is -3.02. The molecule has 7 atom stereocenters. The number of benzene rings is 1. The van der Waals surface area contributed by atoms with E-state index in [1.807, 2.05) is 0 Å². The molecule has 11 heteroatoms. The number of amides is 1. The fourth-order valence-corrected chi connectivity index (χ4v) is 6.17. The van der Waals surface area contributed by atoms with E-state index in [1.54, 1.807) is 13.0 Å². The van der Waals surface area contributed by atoms with Crippen LogP contribution < -0.4 is 11.1 Å². The third-order valence-electron chi connectivity index (χ3n) is 7.91. The molecule has 4 unspecified atom stereocenters. The summed E-state index contributed by atoms with van der Waals surface area (Å²) in [5, 5.41) is 25.0. The van der Waals surface area contributed by atoms with Crippen LogP contribution in [0.4, 0.5) is 4.39 Å². The Bertz CT molecular complexity index is 1170. The van der Waals surface area contributed by atoms with Gasteiger partial charge in [-0.15, -0.1) is 0 Å². The van der Waals surface area contributed by atoms with E-state index >= 15 is 0 Å². The molecule has 1 aromatic rings. The highest BCUT2D eigenvalue weighted by Crippen LogP contribution is 2.50. The van der Waals surface area contributed by atoms with Crippen LogP contribution in [0.25, 0.3) is 0 Å². The van der Waals surface area contributed by atoms with Crippen molar-refractivity contribution in [2.45, 2.75) is 44.0 Å². The fraction of sp³-hybridized carbons (Fsp3) is 0.560. The minimum atomic E-state index is -2.75. The lowest BCUT2D eigenvalue weighted by Crippen LogP contribution is -2.74. The molecular weight excluding hydrogens is 473 g/mol. The number of phenols is 1. The molecule has 10 nitrogen and oxygen atoms in total. The van der Waals surface area contributed by atoms with Gasteiger partial charge in [-0.1, -0.05) is 6.07 Å². The predicted molar refractivity (Wildman–Crippen MR) is 124 cm³/mol. The number of halogens is 1. The van der Waals surface area contributed by atoms with Gasteiger partial charge in [0.05, 0.1) is 17.5 Å². The van der Waals surface area contributed by atoms with Gasteiger partial charge in [0, 0.05) is 18.5 Å². The number of ketones is 4. The van der Waals surface area contributed by atoms with Crippen molar-refractivity contribution >= 4 is 29.0 Å². The first-order valence-electron chi connectivity index (χ1n) is 11.8. The molecule has 0 spiro atoms. The summed E-state index contributed by atoms with van der Waals surface area (Å²) in [4.78, 5) is 67.1. The maximum atomic E-state index is 13.7. The Morgan fingerprint density at radius 3 is 2.50 bits per heavy atom. The quantitative estimate of drug-likeness (QED) is 0.368. The summed E-state index contributed by atoms with van der Waals surface area (Å²) in [6.45, 7) is 1.28. The summed E-state index contributed by atoms with van der Waals surface area (Å²) < 4.78 is 12.9. The number of rotatable bonds is 6. The highest BCUT2D eigenvalue weighted by atomic mass is 19.1. The van der Waals surface area contributed by atoms with Crippen LogP contribution in [0.5, 0.6) is 5.75 Å². The van der Waals surface area contributed by atoms with Crippen LogP contribution in [-0.2, 0) is 32.1 Å². The van der Waals surface area contributed by atoms with Crippen molar-refractivity contribution in [1.82, 2.24) is 10.2 Å². The molecule has 1 amide bonds. The zero-order chi connectivity index (χ0) is 26.7. The third kappa shape index (κ3) is 3.68. The van der Waals surface area contributed by atoms with E-state index in [1.165, 1.54) is 25.1 Å². The first-order chi connectivity index (χ1) is 16.9. The Labute approximate surface area is 207 Å². The average molecular weight is 504 g/mol. The normalized spacial score (nSPS) is 32.7. The summed E-state index contributed by atoms with van der Waals surface area (Å²) >= 11 is 0. The largest absolute Gasteiger partial charge is 0.507 e. The Kier molecular flexibility index (Phi) is 6.61. The van der Waals surface area contributed by atoms with Crippen LogP contribution in [0.15, 0.2) is 12.1 Å². The summed E-state index contributed by atoms with van der Waals surface area (Å²) in [6, 6.07) is 1.34. The highest BCUT2D eigenvalue weighted by molar-refractivity contribution is 6.32. The van der Waals surface area contributed by atoms with Crippen LogP contribution in [0.2, 0.25) is 0 Å². The van der Waals surface area contributed by atoms with Gasteiger partial charge in [0.2, 0.25) is 5.91 Å². The highest BCUT2D eigenvalue weighted by Gasteiger charge is 2.69. The van der Waals surface area contributed by atoms with Gasteiger partial charge in [0.1, 0.15) is 12.4 Å². The van der Waals surface area contributed by atoms with E-state index < -0.39 is 77.1 Å². The Morgan fingerprint density at radius 1 is 1.25 bits per heavy atom. The first kappa shape index (κ1) is 26.1. The van der Waals surface area contributed by atoms with E-state index in [0.29, 0.717) is 11.1 Å². The number of nitrogens with one attached hydrogen (secondary N) is 1. The average Bonchev–Trinajstić information content (AvgIpc) is 2.80. The number of phenolic OH excluding ortho intramolecular Hbond substituents is 1. The number of likely N-dealkylation sites (N-methyl/N-ethyl adjacent to an activating group) is 1. The summed E-state index contributed by atoms with van der Waals surface area (Å²) in [5.74, 6) is -10.8. The van der Waals surface area contributed by atoms with Crippen LogP contribution in [0.1, 0.15) is 34.8 Å². The van der Waals surface area contributed by atoms with Crippen molar-refractivity contribution in [2.75, 3.05) is 20.8 Å². The van der Waals surface area contributed by atoms with Gasteiger partial charge >= 0.3 is 0 Å². The van der Waals surface area contributed by atoms with Crippen LogP contribution in [-0.4, -0.2) is 82.6 Å². The van der Waals surface area contributed by atoms with E-state index in [0.717, 1.165) is 0 Å². The number of alkyl halides is 1. The number of nitrogens with zero attached hydrogens (tertiary/aromatic N) is 1. The SMILES string of the molecule is CC(CF)NCc1ccc(O)c2c1C[C@@H]1C[C@@H]3C(N(C)C)C(=O)C(C(N)=O)C(=O)[C@]3(O)C(=O)C1C2=O. The standard InChI is InChI=1S/C25H30FN3O7/c1-10(8-26)28-9-11-4-5-15(30)17-13(11)6-12-7-14-19(29(2)3)21(32)18(24(27)35)23(34)25(14,36)22(33)16(12)20(17)31/h4-5,10,12,14,16,18-19,28,30,36H,6-9H2,1-3H3,(H2,27,35)/t10?,12-,14-,16?,18?,19?,25-/m1/s1. The molecule has 0 bridgehead atoms. The summed E-state index contributed by atoms with van der Waals surface area (Å²) in [7, 11) is 3.06. The van der Waals surface area contributed by atoms with E-state index in [2.05, 4.69) is 5.32 Å². The summed E-state index contributed by atoms with van der Waals surface area (Å²) in [5.41, 5.74) is 3.63. The van der Waals surface area contributed by atoms with Crippen LogP contribution in [0.3, 0.4) is 0 Å². The molecule has 0 heterocycles. The predicted octanol–water partition coefficient (Wildman–Crippen LogP) is -0.685. The van der Waals surface area contributed by atoms with Crippen LogP contribution >= 0.6 is 0 Å². The lowest BCUT2D eigenvalue weighted by molar-refractivity contribution is -0.181. The monoisotopic (exact) mass is 503 g/mol. The molecule has 5 N–H and O–H groups in total. The molecule has 2 saturated carbocycles. The fourth-order valence-electron chi connectivity index (χ4n) is 6.17. The van der Waals surface area contributed by atoms with Gasteiger partial charge in [0.15, 0.2) is 34.7 Å². The van der Waals surface area contributed by atoms with Gasteiger partial charge in [-0.2, -0.15) is 0 Å². The van der Waals surface area contributed by atoms with Crippen molar-refractivity contribution in [1.29, 1.82) is 0 Å². The second kappa shape index (κ2) is 9.13. The Balaban J connectivity index is 1.81. The molecule has 4 rings (SSSR count). The lowest BCUT2D eigenvalue weighted by Gasteiger charge is -2.52. The smallest absolute Gasteiger partial charge is 0.235 e. The van der Waals surface area contributed by atoms with Crippen molar-refractivity contribution in [3.63, 3.8) is 0 Å². The maximum Gasteiger partial charge on any atom is 0.235 e. The second-order valence-electron chi connectivity index (χ2n) is 10.3. The van der Waals surface area contributed by atoms with Crippen LogP contribution in [0, 0.1) is 23.7 Å². The molecule has 36 heavy (non-hydrogen) atoms. The van der Waals surface area contributed by atoms with Crippen molar-refractivity contribution in [3.05, 3.63) is 28.8 Å². The molecule has 3 aliphatic rings. The number of primary amides is 1. The molecule has 0 aliphatic heterocycles. The number of aliphatic hydroxyl groups is 1. The van der Waals surface area contributed by atoms with Crippen molar-refractivity contribution in [3.8, 4) is 5.75 Å². The molecular formula is C25H30FN3O7. The van der Waals surface area contributed by atoms with Gasteiger partial charge in [-0.3, -0.25) is 28.9 Å². The first-order valence-corrected chi connectivity index (χ1v) is 11.8. The van der Waals surface area contributed by atoms with Crippen molar-refractivity contribution < 1.29 is 38.6 Å². The molecule has 2 fully saturated rings. The van der Waals surface area contributed by atoms with E-state index in [9.17, 15) is 38.6 Å². The zero-order valence-corrected chi connectivity index (χ0v) is 20.3. The van der Waals surface area contributed by atoms with E-state index in [-0.39, 0.29) is 30.7 Å².